The van der Waals surface area contributed by atoms with Crippen molar-refractivity contribution in [2.45, 2.75) is 38.1 Å². The van der Waals surface area contributed by atoms with Crippen molar-refractivity contribution in [3.8, 4) is 0 Å². The van der Waals surface area contributed by atoms with Crippen LogP contribution in [0.4, 0.5) is 0 Å². The first-order valence-corrected chi connectivity index (χ1v) is 8.64. The molecule has 2 rings (SSSR count). The Labute approximate surface area is 137 Å². The lowest BCUT2D eigenvalue weighted by Gasteiger charge is -2.14. The lowest BCUT2D eigenvalue weighted by atomic mass is 10.1. The number of nitrogens with one attached hydrogen (secondary N) is 1. The smallest absolute Gasteiger partial charge is 0.230 e. The molecule has 3 heteroatoms. The number of carbonyl (C=O) groups excluding carboxylic acids is 1. The molecule has 2 nitrogen and oxygen atoms in total. The predicted molar refractivity (Wildman–Crippen MR) is 94.3 cm³/mol. The summed E-state index contributed by atoms with van der Waals surface area (Å²) in [5.41, 5.74) is 3.70. The van der Waals surface area contributed by atoms with Crippen LogP contribution in [-0.2, 0) is 11.2 Å². The van der Waals surface area contributed by atoms with E-state index in [4.69, 9.17) is 0 Å². The van der Waals surface area contributed by atoms with E-state index in [0.717, 1.165) is 16.9 Å². The highest BCUT2D eigenvalue weighted by Gasteiger charge is 2.09. The van der Waals surface area contributed by atoms with E-state index < -0.39 is 0 Å². The third-order valence-electron chi connectivity index (χ3n) is 3.66. The number of carbonyl (C=O) groups is 1. The molecule has 0 bridgehead atoms. The molecule has 0 spiro atoms. The molecular formula is C19H23NOS. The number of benzene rings is 2. The van der Waals surface area contributed by atoms with Gasteiger partial charge in [0.15, 0.2) is 0 Å². The van der Waals surface area contributed by atoms with Gasteiger partial charge in [-0.1, -0.05) is 48.9 Å². The number of rotatable bonds is 6. The van der Waals surface area contributed by atoms with Gasteiger partial charge in [0.1, 0.15) is 0 Å². The zero-order valence-corrected chi connectivity index (χ0v) is 14.2. The van der Waals surface area contributed by atoms with Crippen molar-refractivity contribution >= 4 is 17.7 Å². The summed E-state index contributed by atoms with van der Waals surface area (Å²) in [5, 5.41) is 3.06. The molecule has 0 aliphatic heterocycles. The quantitative estimate of drug-likeness (QED) is 0.794. The van der Waals surface area contributed by atoms with Gasteiger partial charge < -0.3 is 5.32 Å². The molecular weight excluding hydrogens is 290 g/mol. The van der Waals surface area contributed by atoms with Crippen molar-refractivity contribution in [1.29, 1.82) is 0 Å². The topological polar surface area (TPSA) is 29.1 Å². The van der Waals surface area contributed by atoms with Crippen molar-refractivity contribution in [2.24, 2.45) is 0 Å². The minimum Gasteiger partial charge on any atom is -0.349 e. The van der Waals surface area contributed by atoms with Crippen LogP contribution in [0.2, 0.25) is 0 Å². The Morgan fingerprint density at radius 2 is 1.73 bits per heavy atom. The maximum Gasteiger partial charge on any atom is 0.230 e. The van der Waals surface area contributed by atoms with Gasteiger partial charge in [0.05, 0.1) is 11.8 Å². The molecule has 22 heavy (non-hydrogen) atoms. The fraction of sp³-hybridized carbons (Fsp3) is 0.316. The van der Waals surface area contributed by atoms with Crippen LogP contribution in [0, 0.1) is 6.92 Å². The number of aryl methyl sites for hydroxylation is 2. The molecule has 0 saturated carbocycles. The largest absolute Gasteiger partial charge is 0.349 e. The molecule has 0 unspecified atom stereocenters. The van der Waals surface area contributed by atoms with E-state index in [9.17, 15) is 4.79 Å². The highest BCUT2D eigenvalue weighted by atomic mass is 32.2. The summed E-state index contributed by atoms with van der Waals surface area (Å²) in [6.45, 7) is 6.23. The van der Waals surface area contributed by atoms with Gasteiger partial charge in [0.2, 0.25) is 5.91 Å². The Morgan fingerprint density at radius 3 is 2.32 bits per heavy atom. The first-order valence-electron chi connectivity index (χ1n) is 7.66. The van der Waals surface area contributed by atoms with Crippen LogP contribution in [0.25, 0.3) is 0 Å². The van der Waals surface area contributed by atoms with E-state index in [2.05, 4.69) is 67.7 Å². The molecule has 0 aliphatic rings. The molecule has 1 amide bonds. The van der Waals surface area contributed by atoms with Gasteiger partial charge in [0, 0.05) is 4.90 Å². The second kappa shape index (κ2) is 8.04. The van der Waals surface area contributed by atoms with Crippen molar-refractivity contribution in [3.63, 3.8) is 0 Å². The van der Waals surface area contributed by atoms with Crippen molar-refractivity contribution in [1.82, 2.24) is 5.32 Å². The average Bonchev–Trinajstić information content (AvgIpc) is 2.54. The van der Waals surface area contributed by atoms with Crippen LogP contribution in [0.15, 0.2) is 53.4 Å². The van der Waals surface area contributed by atoms with Gasteiger partial charge >= 0.3 is 0 Å². The van der Waals surface area contributed by atoms with Crippen LogP contribution in [-0.4, -0.2) is 11.7 Å². The summed E-state index contributed by atoms with van der Waals surface area (Å²) in [5.74, 6) is 0.512. The van der Waals surface area contributed by atoms with E-state index in [-0.39, 0.29) is 11.9 Å². The van der Waals surface area contributed by atoms with Gasteiger partial charge in [0.25, 0.3) is 0 Å². The third-order valence-corrected chi connectivity index (χ3v) is 4.67. The maximum absolute atomic E-state index is 12.1. The first kappa shape index (κ1) is 16.6. The Balaban J connectivity index is 1.83. The minimum atomic E-state index is 0.0389. The Bertz CT molecular complexity index is 604. The van der Waals surface area contributed by atoms with Crippen molar-refractivity contribution in [2.75, 3.05) is 5.75 Å². The average molecular weight is 313 g/mol. The van der Waals surface area contributed by atoms with Crippen LogP contribution in [0.5, 0.6) is 0 Å². The van der Waals surface area contributed by atoms with Crippen LogP contribution in [0.1, 0.15) is 36.6 Å². The summed E-state index contributed by atoms with van der Waals surface area (Å²) in [4.78, 5) is 13.2. The normalized spacial score (nSPS) is 12.0. The molecule has 116 valence electrons. The number of hydrogen-bond acceptors (Lipinski definition) is 2. The Hall–Kier alpha value is -1.74. The summed E-state index contributed by atoms with van der Waals surface area (Å²) in [7, 11) is 0. The van der Waals surface area contributed by atoms with Gasteiger partial charge in [-0.05, 0) is 43.5 Å². The monoisotopic (exact) mass is 313 g/mol. The minimum absolute atomic E-state index is 0.0389. The van der Waals surface area contributed by atoms with Crippen molar-refractivity contribution in [3.05, 3.63) is 65.2 Å². The lowest BCUT2D eigenvalue weighted by Crippen LogP contribution is -2.28. The standard InChI is InChI=1S/C19H23NOS/c1-4-16-7-9-17(10-8-16)15(3)20-19(21)13-22-18-11-5-14(2)6-12-18/h5-12,15H,4,13H2,1-3H3,(H,20,21)/t15-/m1/s1. The number of hydrogen-bond donors (Lipinski definition) is 1. The third kappa shape index (κ3) is 4.92. The van der Waals surface area contributed by atoms with Crippen LogP contribution >= 0.6 is 11.8 Å². The van der Waals surface area contributed by atoms with Gasteiger partial charge in [-0.2, -0.15) is 0 Å². The fourth-order valence-corrected chi connectivity index (χ4v) is 2.90. The molecule has 0 aliphatic carbocycles. The molecule has 0 saturated heterocycles. The summed E-state index contributed by atoms with van der Waals surface area (Å²) in [6.07, 6.45) is 1.04. The highest BCUT2D eigenvalue weighted by Crippen LogP contribution is 2.19. The lowest BCUT2D eigenvalue weighted by molar-refractivity contribution is -0.119. The molecule has 2 aromatic carbocycles. The zero-order valence-electron chi connectivity index (χ0n) is 13.4. The molecule has 0 heterocycles. The Morgan fingerprint density at radius 1 is 1.09 bits per heavy atom. The number of amides is 1. The van der Waals surface area contributed by atoms with Gasteiger partial charge in [-0.25, -0.2) is 0 Å². The number of thioether (sulfide) groups is 1. The second-order valence-corrected chi connectivity index (χ2v) is 6.53. The van der Waals surface area contributed by atoms with Crippen molar-refractivity contribution < 1.29 is 4.79 Å². The molecule has 0 fully saturated rings. The highest BCUT2D eigenvalue weighted by molar-refractivity contribution is 8.00. The van der Waals surface area contributed by atoms with E-state index >= 15 is 0 Å². The summed E-state index contributed by atoms with van der Waals surface area (Å²) >= 11 is 1.57. The molecule has 1 N–H and O–H groups in total. The van der Waals surface area contributed by atoms with E-state index in [1.165, 1.54) is 11.1 Å². The second-order valence-electron chi connectivity index (χ2n) is 5.49. The summed E-state index contributed by atoms with van der Waals surface area (Å²) in [6, 6.07) is 16.7. The maximum atomic E-state index is 12.1. The van der Waals surface area contributed by atoms with Crippen LogP contribution < -0.4 is 5.32 Å². The molecule has 2 aromatic rings. The fourth-order valence-electron chi connectivity index (χ4n) is 2.19. The van der Waals surface area contributed by atoms with E-state index in [0.29, 0.717) is 5.75 Å². The summed E-state index contributed by atoms with van der Waals surface area (Å²) < 4.78 is 0. The van der Waals surface area contributed by atoms with Gasteiger partial charge in [-0.3, -0.25) is 4.79 Å². The molecule has 0 aromatic heterocycles. The molecule has 1 atom stereocenters. The van der Waals surface area contributed by atoms with Crippen LogP contribution in [0.3, 0.4) is 0 Å². The van der Waals surface area contributed by atoms with Gasteiger partial charge in [-0.15, -0.1) is 11.8 Å². The predicted octanol–water partition coefficient (Wildman–Crippen LogP) is 4.53. The zero-order chi connectivity index (χ0) is 15.9. The first-order chi connectivity index (χ1) is 10.6. The Kier molecular flexibility index (Phi) is 6.08. The molecule has 0 radical (unpaired) electrons. The SMILES string of the molecule is CCc1ccc([C@@H](C)NC(=O)CSc2ccc(C)cc2)cc1. The van der Waals surface area contributed by atoms with E-state index in [1.807, 2.05) is 6.92 Å². The van der Waals surface area contributed by atoms with E-state index in [1.54, 1.807) is 11.8 Å².